The Labute approximate surface area is 106 Å². The average Bonchev–Trinajstić information content (AvgIpc) is 2.88. The van der Waals surface area contributed by atoms with Gasteiger partial charge in [0.2, 0.25) is 0 Å². The summed E-state index contributed by atoms with van der Waals surface area (Å²) in [4.78, 5) is 11.9. The van der Waals surface area contributed by atoms with Crippen molar-refractivity contribution in [2.24, 2.45) is 0 Å². The van der Waals surface area contributed by atoms with Crippen molar-refractivity contribution in [3.05, 3.63) is 41.7 Å². The molecule has 0 spiro atoms. The molecule has 0 saturated heterocycles. The second-order valence-corrected chi connectivity index (χ2v) is 4.73. The van der Waals surface area contributed by atoms with E-state index in [4.69, 9.17) is 0 Å². The molecular weight excluding hydrogens is 224 g/mol. The lowest BCUT2D eigenvalue weighted by Gasteiger charge is -2.15. The molecule has 3 nitrogen and oxygen atoms in total. The number of rotatable bonds is 2. The number of benzene rings is 1. The highest BCUT2D eigenvalue weighted by atomic mass is 16.1. The van der Waals surface area contributed by atoms with Crippen LogP contribution in [-0.2, 0) is 13.0 Å². The van der Waals surface area contributed by atoms with Crippen LogP contribution in [0.15, 0.2) is 30.6 Å². The normalized spacial score (nSPS) is 14.6. The highest BCUT2D eigenvalue weighted by Gasteiger charge is 2.17. The van der Waals surface area contributed by atoms with Crippen LogP contribution in [0.2, 0.25) is 0 Å². The Morgan fingerprint density at radius 1 is 1.28 bits per heavy atom. The Morgan fingerprint density at radius 3 is 2.94 bits per heavy atom. The van der Waals surface area contributed by atoms with Crippen molar-refractivity contribution < 1.29 is 4.79 Å². The molecule has 0 saturated carbocycles. The monoisotopic (exact) mass is 240 g/mol. The Kier molecular flexibility index (Phi) is 2.74. The van der Waals surface area contributed by atoms with Crippen LogP contribution < -0.4 is 0 Å². The van der Waals surface area contributed by atoms with Crippen LogP contribution in [0, 0.1) is 0 Å². The van der Waals surface area contributed by atoms with E-state index in [9.17, 15) is 4.79 Å². The molecule has 0 bridgehead atoms. The highest BCUT2D eigenvalue weighted by Crippen LogP contribution is 2.27. The van der Waals surface area contributed by atoms with Crippen molar-refractivity contribution in [1.82, 2.24) is 9.78 Å². The molecule has 1 aliphatic carbocycles. The Balaban J connectivity index is 2.03. The van der Waals surface area contributed by atoms with Crippen molar-refractivity contribution in [2.75, 3.05) is 0 Å². The number of hydrogen-bond acceptors (Lipinski definition) is 2. The van der Waals surface area contributed by atoms with Gasteiger partial charge < -0.3 is 0 Å². The number of Topliss-reactive ketones (excluding diaryl/α,β-unsaturated/α-hetero) is 1. The van der Waals surface area contributed by atoms with Gasteiger partial charge in [0.05, 0.1) is 6.20 Å². The minimum atomic E-state index is 0.279. The molecule has 1 aromatic heterocycles. The van der Waals surface area contributed by atoms with Crippen LogP contribution in [0.25, 0.3) is 11.1 Å². The van der Waals surface area contributed by atoms with E-state index in [1.54, 1.807) is 0 Å². The van der Waals surface area contributed by atoms with Crippen molar-refractivity contribution >= 4 is 5.78 Å². The van der Waals surface area contributed by atoms with Crippen molar-refractivity contribution in [1.29, 1.82) is 0 Å². The SMILES string of the molecule is CCn1cc(-c2ccc3c(c2)C(=O)CCC3)cn1. The first kappa shape index (κ1) is 11.2. The summed E-state index contributed by atoms with van der Waals surface area (Å²) in [6.07, 6.45) is 6.58. The molecule has 1 aromatic carbocycles. The number of aromatic nitrogens is 2. The maximum Gasteiger partial charge on any atom is 0.163 e. The summed E-state index contributed by atoms with van der Waals surface area (Å²) in [6.45, 7) is 2.93. The molecule has 92 valence electrons. The van der Waals surface area contributed by atoms with Crippen LogP contribution in [0.1, 0.15) is 35.7 Å². The molecule has 18 heavy (non-hydrogen) atoms. The highest BCUT2D eigenvalue weighted by molar-refractivity contribution is 5.99. The minimum absolute atomic E-state index is 0.279. The molecule has 0 radical (unpaired) electrons. The van der Waals surface area contributed by atoms with E-state index in [0.29, 0.717) is 6.42 Å². The van der Waals surface area contributed by atoms with Gasteiger partial charge in [0.15, 0.2) is 5.78 Å². The molecule has 1 aliphatic rings. The fraction of sp³-hybridized carbons (Fsp3) is 0.333. The first-order valence-corrected chi connectivity index (χ1v) is 6.47. The van der Waals surface area contributed by atoms with E-state index in [1.807, 2.05) is 23.1 Å². The van der Waals surface area contributed by atoms with Gasteiger partial charge >= 0.3 is 0 Å². The van der Waals surface area contributed by atoms with E-state index in [2.05, 4.69) is 24.2 Å². The summed E-state index contributed by atoms with van der Waals surface area (Å²) in [7, 11) is 0. The van der Waals surface area contributed by atoms with Gasteiger partial charge in [-0.25, -0.2) is 0 Å². The predicted molar refractivity (Wildman–Crippen MR) is 70.6 cm³/mol. The van der Waals surface area contributed by atoms with Gasteiger partial charge in [-0.1, -0.05) is 12.1 Å². The number of carbonyl (C=O) groups is 1. The number of hydrogen-bond donors (Lipinski definition) is 0. The summed E-state index contributed by atoms with van der Waals surface area (Å²) in [6, 6.07) is 6.20. The number of ketones is 1. The van der Waals surface area contributed by atoms with Gasteiger partial charge in [-0.3, -0.25) is 9.48 Å². The zero-order valence-electron chi connectivity index (χ0n) is 10.5. The lowest BCUT2D eigenvalue weighted by Crippen LogP contribution is -2.10. The first-order chi connectivity index (χ1) is 8.78. The number of nitrogens with zero attached hydrogens (tertiary/aromatic N) is 2. The van der Waals surface area contributed by atoms with Crippen LogP contribution in [0.5, 0.6) is 0 Å². The quantitative estimate of drug-likeness (QED) is 0.808. The third kappa shape index (κ3) is 1.86. The van der Waals surface area contributed by atoms with E-state index >= 15 is 0 Å². The molecular formula is C15H16N2O. The smallest absolute Gasteiger partial charge is 0.163 e. The van der Waals surface area contributed by atoms with Gasteiger partial charge in [-0.15, -0.1) is 0 Å². The molecule has 3 heteroatoms. The molecule has 0 atom stereocenters. The number of carbonyl (C=O) groups excluding carboxylic acids is 1. The van der Waals surface area contributed by atoms with Crippen molar-refractivity contribution in [2.45, 2.75) is 32.7 Å². The van der Waals surface area contributed by atoms with Gasteiger partial charge in [0.1, 0.15) is 0 Å². The van der Waals surface area contributed by atoms with Gasteiger partial charge in [-0.2, -0.15) is 5.10 Å². The maximum absolute atomic E-state index is 11.9. The van der Waals surface area contributed by atoms with Crippen molar-refractivity contribution in [3.63, 3.8) is 0 Å². The Hall–Kier alpha value is -1.90. The predicted octanol–water partition coefficient (Wildman–Crippen LogP) is 3.09. The molecule has 0 fully saturated rings. The third-order valence-corrected chi connectivity index (χ3v) is 3.55. The molecule has 0 amide bonds. The zero-order chi connectivity index (χ0) is 12.5. The maximum atomic E-state index is 11.9. The van der Waals surface area contributed by atoms with Gasteiger partial charge in [0, 0.05) is 30.3 Å². The number of aryl methyl sites for hydroxylation is 2. The van der Waals surface area contributed by atoms with E-state index in [1.165, 1.54) is 5.56 Å². The fourth-order valence-electron chi connectivity index (χ4n) is 2.49. The zero-order valence-corrected chi connectivity index (χ0v) is 10.5. The minimum Gasteiger partial charge on any atom is -0.294 e. The number of fused-ring (bicyclic) bond motifs is 1. The summed E-state index contributed by atoms with van der Waals surface area (Å²) >= 11 is 0. The topological polar surface area (TPSA) is 34.9 Å². The van der Waals surface area contributed by atoms with Gasteiger partial charge in [0.25, 0.3) is 0 Å². The standard InChI is InChI=1S/C15H16N2O/c1-2-17-10-13(9-16-17)12-7-6-11-4-3-5-15(18)14(11)8-12/h6-10H,2-5H2,1H3. The lowest BCUT2D eigenvalue weighted by molar-refractivity contribution is 0.0972. The third-order valence-electron chi connectivity index (χ3n) is 3.55. The van der Waals surface area contributed by atoms with Crippen LogP contribution in [0.3, 0.4) is 0 Å². The summed E-state index contributed by atoms with van der Waals surface area (Å²) in [5.41, 5.74) is 4.27. The molecule has 1 heterocycles. The van der Waals surface area contributed by atoms with Crippen LogP contribution >= 0.6 is 0 Å². The van der Waals surface area contributed by atoms with E-state index in [0.717, 1.165) is 36.1 Å². The second-order valence-electron chi connectivity index (χ2n) is 4.73. The average molecular weight is 240 g/mol. The summed E-state index contributed by atoms with van der Waals surface area (Å²) < 4.78 is 1.90. The Bertz CT molecular complexity index is 598. The largest absolute Gasteiger partial charge is 0.294 e. The molecule has 0 unspecified atom stereocenters. The summed E-state index contributed by atoms with van der Waals surface area (Å²) in [5, 5.41) is 4.27. The van der Waals surface area contributed by atoms with Crippen LogP contribution in [0.4, 0.5) is 0 Å². The molecule has 0 aliphatic heterocycles. The van der Waals surface area contributed by atoms with E-state index in [-0.39, 0.29) is 5.78 Å². The molecule has 3 rings (SSSR count). The lowest BCUT2D eigenvalue weighted by atomic mass is 9.88. The Morgan fingerprint density at radius 2 is 2.17 bits per heavy atom. The molecule has 0 N–H and O–H groups in total. The van der Waals surface area contributed by atoms with Gasteiger partial charge in [-0.05, 0) is 37.0 Å². The van der Waals surface area contributed by atoms with E-state index < -0.39 is 0 Å². The first-order valence-electron chi connectivity index (χ1n) is 6.47. The fourth-order valence-corrected chi connectivity index (χ4v) is 2.49. The van der Waals surface area contributed by atoms with Crippen LogP contribution in [-0.4, -0.2) is 15.6 Å². The van der Waals surface area contributed by atoms with Crippen molar-refractivity contribution in [3.8, 4) is 11.1 Å². The second kappa shape index (κ2) is 4.41. The summed E-state index contributed by atoms with van der Waals surface area (Å²) in [5.74, 6) is 0.279. The molecule has 2 aromatic rings.